The summed E-state index contributed by atoms with van der Waals surface area (Å²) < 4.78 is 55.7. The van der Waals surface area contributed by atoms with Crippen molar-refractivity contribution in [3.05, 3.63) is 59.7 Å². The van der Waals surface area contributed by atoms with E-state index in [1.807, 2.05) is 0 Å². The van der Waals surface area contributed by atoms with Crippen LogP contribution in [0.3, 0.4) is 0 Å². The molecule has 0 aliphatic rings. The number of amides is 1. The van der Waals surface area contributed by atoms with Gasteiger partial charge in [0.25, 0.3) is 5.91 Å². The molecule has 2 atom stereocenters. The summed E-state index contributed by atoms with van der Waals surface area (Å²) in [6.45, 7) is 1.23. The number of ether oxygens (including phenoxy) is 1. The molecule has 0 radical (unpaired) electrons. The van der Waals surface area contributed by atoms with Crippen LogP contribution in [0.15, 0.2) is 53.4 Å². The zero-order valence-electron chi connectivity index (χ0n) is 14.4. The van der Waals surface area contributed by atoms with Gasteiger partial charge in [0.2, 0.25) is 0 Å². The number of alkyl halides is 3. The van der Waals surface area contributed by atoms with Crippen molar-refractivity contribution in [2.45, 2.75) is 24.1 Å². The van der Waals surface area contributed by atoms with Gasteiger partial charge in [0.15, 0.2) is 6.10 Å². The first kappa shape index (κ1) is 20.6. The third kappa shape index (κ3) is 5.16. The Bertz CT molecular complexity index is 883. The number of hydrogen-bond donors (Lipinski definition) is 1. The second-order valence-electron chi connectivity index (χ2n) is 5.53. The molecule has 0 spiro atoms. The molecule has 0 heterocycles. The van der Waals surface area contributed by atoms with E-state index in [-0.39, 0.29) is 10.5 Å². The minimum Gasteiger partial charge on any atom is -0.449 e. The lowest BCUT2D eigenvalue weighted by atomic mass is 10.1. The van der Waals surface area contributed by atoms with E-state index in [1.54, 1.807) is 6.07 Å². The number of carbonyl (C=O) groups is 2. The molecule has 0 aromatic heterocycles. The predicted molar refractivity (Wildman–Crippen MR) is 93.7 cm³/mol. The summed E-state index contributed by atoms with van der Waals surface area (Å²) >= 11 is 0. The first-order chi connectivity index (χ1) is 12.6. The van der Waals surface area contributed by atoms with Gasteiger partial charge in [-0.15, -0.1) is 0 Å². The number of nitrogens with one attached hydrogen (secondary N) is 1. The standard InChI is InChI=1S/C18H16F3NO4S/c1-11(26-17(24)12-7-3-6-10-15(12)27(2)25)16(23)22-14-9-5-4-8-13(14)18(19,20)21/h3-11H,1-2H3,(H,22,23)/t11-,27+/m1/s1. The van der Waals surface area contributed by atoms with Crippen LogP contribution in [0.5, 0.6) is 0 Å². The minimum absolute atomic E-state index is 0.0219. The topological polar surface area (TPSA) is 72.5 Å². The molecule has 2 aromatic rings. The van der Waals surface area contributed by atoms with Crippen LogP contribution in [-0.2, 0) is 26.5 Å². The predicted octanol–water partition coefficient (Wildman–Crippen LogP) is 3.63. The Kier molecular flexibility index (Phi) is 6.37. The third-order valence-electron chi connectivity index (χ3n) is 3.56. The quantitative estimate of drug-likeness (QED) is 0.780. The van der Waals surface area contributed by atoms with Crippen molar-refractivity contribution in [3.8, 4) is 0 Å². The summed E-state index contributed by atoms with van der Waals surface area (Å²) in [5.41, 5.74) is -1.43. The van der Waals surface area contributed by atoms with Gasteiger partial charge in [0.1, 0.15) is 0 Å². The van der Waals surface area contributed by atoms with Gasteiger partial charge in [-0.2, -0.15) is 13.2 Å². The highest BCUT2D eigenvalue weighted by Crippen LogP contribution is 2.34. The van der Waals surface area contributed by atoms with Crippen molar-refractivity contribution in [3.63, 3.8) is 0 Å². The van der Waals surface area contributed by atoms with Crippen molar-refractivity contribution in [1.29, 1.82) is 0 Å². The Morgan fingerprint density at radius 1 is 1.07 bits per heavy atom. The molecule has 0 fully saturated rings. The normalized spacial score (nSPS) is 13.5. The van der Waals surface area contributed by atoms with Gasteiger partial charge in [-0.25, -0.2) is 4.79 Å². The highest BCUT2D eigenvalue weighted by Gasteiger charge is 2.34. The van der Waals surface area contributed by atoms with Gasteiger partial charge in [0, 0.05) is 6.26 Å². The fourth-order valence-corrected chi connectivity index (χ4v) is 2.97. The molecule has 0 aliphatic carbocycles. The lowest BCUT2D eigenvalue weighted by molar-refractivity contribution is -0.137. The molecule has 0 aliphatic heterocycles. The van der Waals surface area contributed by atoms with E-state index in [2.05, 4.69) is 5.32 Å². The van der Waals surface area contributed by atoms with Gasteiger partial charge in [-0.05, 0) is 31.2 Å². The number of carbonyl (C=O) groups excluding carboxylic acids is 2. The lowest BCUT2D eigenvalue weighted by Crippen LogP contribution is -2.31. The van der Waals surface area contributed by atoms with E-state index in [4.69, 9.17) is 4.74 Å². The number of hydrogen-bond acceptors (Lipinski definition) is 4. The molecule has 1 N–H and O–H groups in total. The summed E-state index contributed by atoms with van der Waals surface area (Å²) in [7, 11) is -1.46. The molecule has 144 valence electrons. The summed E-state index contributed by atoms with van der Waals surface area (Å²) in [6.07, 6.45) is -4.62. The van der Waals surface area contributed by atoms with Crippen LogP contribution >= 0.6 is 0 Å². The summed E-state index contributed by atoms with van der Waals surface area (Å²) in [5.74, 6) is -1.82. The zero-order chi connectivity index (χ0) is 20.2. The van der Waals surface area contributed by atoms with E-state index >= 15 is 0 Å². The molecular formula is C18H16F3NO4S. The van der Waals surface area contributed by atoms with Gasteiger partial charge in [-0.1, -0.05) is 24.3 Å². The van der Waals surface area contributed by atoms with E-state index in [1.165, 1.54) is 43.5 Å². The summed E-state index contributed by atoms with van der Waals surface area (Å²) in [6, 6.07) is 10.5. The second-order valence-corrected chi connectivity index (χ2v) is 6.88. The van der Waals surface area contributed by atoms with Crippen molar-refractivity contribution in [2.75, 3.05) is 11.6 Å². The molecule has 0 unspecified atom stereocenters. The van der Waals surface area contributed by atoms with Crippen LogP contribution in [0.2, 0.25) is 0 Å². The molecule has 5 nitrogen and oxygen atoms in total. The molecule has 0 saturated carbocycles. The fourth-order valence-electron chi connectivity index (χ4n) is 2.24. The number of anilines is 1. The Hall–Kier alpha value is -2.68. The van der Waals surface area contributed by atoms with Crippen LogP contribution < -0.4 is 5.32 Å². The van der Waals surface area contributed by atoms with Crippen molar-refractivity contribution in [2.24, 2.45) is 0 Å². The van der Waals surface area contributed by atoms with E-state index in [9.17, 15) is 27.0 Å². The van der Waals surface area contributed by atoms with Gasteiger partial charge in [0.05, 0.1) is 32.5 Å². The first-order valence-corrected chi connectivity index (χ1v) is 9.27. The molecule has 0 saturated heterocycles. The van der Waals surface area contributed by atoms with E-state index in [0.29, 0.717) is 0 Å². The Morgan fingerprint density at radius 2 is 1.67 bits per heavy atom. The summed E-state index contributed by atoms with van der Waals surface area (Å²) in [5, 5.41) is 2.11. The SMILES string of the molecule is C[C@@H](OC(=O)c1ccccc1[S@](C)=O)C(=O)Nc1ccccc1C(F)(F)F. The summed E-state index contributed by atoms with van der Waals surface area (Å²) in [4.78, 5) is 24.6. The number of esters is 1. The van der Waals surface area contributed by atoms with Crippen molar-refractivity contribution < 1.29 is 31.7 Å². The van der Waals surface area contributed by atoms with E-state index < -0.39 is 46.2 Å². The highest BCUT2D eigenvalue weighted by molar-refractivity contribution is 7.84. The van der Waals surface area contributed by atoms with Crippen molar-refractivity contribution >= 4 is 28.4 Å². The van der Waals surface area contributed by atoms with Crippen LogP contribution in [-0.4, -0.2) is 28.4 Å². The highest BCUT2D eigenvalue weighted by atomic mass is 32.2. The maximum absolute atomic E-state index is 13.0. The molecular weight excluding hydrogens is 383 g/mol. The number of rotatable bonds is 5. The van der Waals surface area contributed by atoms with Gasteiger partial charge < -0.3 is 10.1 Å². The minimum atomic E-state index is -4.64. The molecule has 0 bridgehead atoms. The third-order valence-corrected chi connectivity index (χ3v) is 4.54. The zero-order valence-corrected chi connectivity index (χ0v) is 15.2. The number of halogens is 3. The van der Waals surface area contributed by atoms with Gasteiger partial charge in [-0.3, -0.25) is 9.00 Å². The van der Waals surface area contributed by atoms with Crippen LogP contribution in [0.4, 0.5) is 18.9 Å². The van der Waals surface area contributed by atoms with Crippen LogP contribution in [0.25, 0.3) is 0 Å². The first-order valence-electron chi connectivity index (χ1n) is 7.71. The molecule has 1 amide bonds. The Morgan fingerprint density at radius 3 is 2.30 bits per heavy atom. The Labute approximate surface area is 156 Å². The molecule has 27 heavy (non-hydrogen) atoms. The monoisotopic (exact) mass is 399 g/mol. The van der Waals surface area contributed by atoms with Crippen molar-refractivity contribution in [1.82, 2.24) is 0 Å². The average molecular weight is 399 g/mol. The maximum Gasteiger partial charge on any atom is 0.418 e. The van der Waals surface area contributed by atoms with E-state index in [0.717, 1.165) is 12.1 Å². The maximum atomic E-state index is 13.0. The van der Waals surface area contributed by atoms with Gasteiger partial charge >= 0.3 is 12.1 Å². The number of para-hydroxylation sites is 1. The number of benzene rings is 2. The lowest BCUT2D eigenvalue weighted by Gasteiger charge is -2.17. The fraction of sp³-hybridized carbons (Fsp3) is 0.222. The smallest absolute Gasteiger partial charge is 0.418 e. The Balaban J connectivity index is 2.14. The average Bonchev–Trinajstić information content (AvgIpc) is 2.61. The largest absolute Gasteiger partial charge is 0.449 e. The second kappa shape index (κ2) is 8.34. The molecule has 9 heteroatoms. The molecule has 2 rings (SSSR count). The van der Waals surface area contributed by atoms with Crippen LogP contribution in [0.1, 0.15) is 22.8 Å². The molecule has 2 aromatic carbocycles. The van der Waals surface area contributed by atoms with Crippen LogP contribution in [0, 0.1) is 0 Å².